The highest BCUT2D eigenvalue weighted by Gasteiger charge is 2.10. The van der Waals surface area contributed by atoms with Gasteiger partial charge in [-0.25, -0.2) is 4.98 Å². The van der Waals surface area contributed by atoms with E-state index in [-0.39, 0.29) is 0 Å². The molecule has 0 aliphatic heterocycles. The molecule has 14 heavy (non-hydrogen) atoms. The number of imidazole rings is 1. The minimum Gasteiger partial charge on any atom is -0.296 e. The number of nitrogens with zero attached hydrogens (tertiary/aromatic N) is 2. The molecule has 72 valence electrons. The molecule has 0 aliphatic rings. The summed E-state index contributed by atoms with van der Waals surface area (Å²) in [6.45, 7) is 2.01. The van der Waals surface area contributed by atoms with Crippen molar-refractivity contribution in [2.24, 2.45) is 0 Å². The summed E-state index contributed by atoms with van der Waals surface area (Å²) in [6, 6.07) is 5.72. The average Bonchev–Trinajstić information content (AvgIpc) is 2.56. The number of hydrogen-bond donors (Lipinski definition) is 0. The van der Waals surface area contributed by atoms with Crippen LogP contribution in [0.15, 0.2) is 22.8 Å². The number of halogens is 1. The zero-order valence-electron chi connectivity index (χ0n) is 7.70. The Morgan fingerprint density at radius 3 is 3.00 bits per heavy atom. The first kappa shape index (κ1) is 9.40. The lowest BCUT2D eigenvalue weighted by Crippen LogP contribution is -1.95. The second-order valence-electron chi connectivity index (χ2n) is 2.96. The van der Waals surface area contributed by atoms with Gasteiger partial charge in [0.2, 0.25) is 0 Å². The van der Waals surface area contributed by atoms with Crippen molar-refractivity contribution >= 4 is 27.9 Å². The summed E-state index contributed by atoms with van der Waals surface area (Å²) >= 11 is 3.44. The largest absolute Gasteiger partial charge is 0.296 e. The van der Waals surface area contributed by atoms with E-state index >= 15 is 0 Å². The number of aromatic nitrogens is 2. The number of aldehydes is 1. The van der Waals surface area contributed by atoms with Crippen LogP contribution in [0.3, 0.4) is 0 Å². The zero-order valence-corrected chi connectivity index (χ0v) is 9.28. The van der Waals surface area contributed by atoms with Crippen molar-refractivity contribution in [3.8, 4) is 0 Å². The molecule has 4 heteroatoms. The lowest BCUT2D eigenvalue weighted by Gasteiger charge is -2.01. The van der Waals surface area contributed by atoms with Gasteiger partial charge in [-0.05, 0) is 34.5 Å². The quantitative estimate of drug-likeness (QED) is 0.608. The fraction of sp³-hybridized carbons (Fsp3) is 0.200. The number of aryl methyl sites for hydroxylation is 1. The Balaban J connectivity index is 2.88. The lowest BCUT2D eigenvalue weighted by atomic mass is 10.3. The van der Waals surface area contributed by atoms with Crippen LogP contribution in [0.5, 0.6) is 0 Å². The number of fused-ring (bicyclic) bond motifs is 1. The maximum Gasteiger partial charge on any atom is 0.170 e. The summed E-state index contributed by atoms with van der Waals surface area (Å²) in [5.74, 6) is 0. The minimum absolute atomic E-state index is 0.527. The highest BCUT2D eigenvalue weighted by atomic mass is 79.9. The predicted octanol–water partition coefficient (Wildman–Crippen LogP) is 2.47. The van der Waals surface area contributed by atoms with Gasteiger partial charge in [-0.1, -0.05) is 13.0 Å². The second kappa shape index (κ2) is 3.53. The molecule has 2 aromatic rings. The summed E-state index contributed by atoms with van der Waals surface area (Å²) in [5.41, 5.74) is 2.28. The lowest BCUT2D eigenvalue weighted by molar-refractivity contribution is 0.111. The summed E-state index contributed by atoms with van der Waals surface area (Å²) in [4.78, 5) is 15.0. The van der Waals surface area contributed by atoms with Crippen LogP contribution in [0.4, 0.5) is 0 Å². The van der Waals surface area contributed by atoms with Gasteiger partial charge in [-0.15, -0.1) is 0 Å². The van der Waals surface area contributed by atoms with Gasteiger partial charge < -0.3 is 0 Å². The van der Waals surface area contributed by atoms with Crippen molar-refractivity contribution in [3.05, 3.63) is 34.2 Å². The fourth-order valence-corrected chi connectivity index (χ4v) is 2.11. The molecule has 0 atom stereocenters. The Bertz CT molecular complexity index is 490. The molecular weight excluding hydrogens is 244 g/mol. The van der Waals surface area contributed by atoms with Crippen LogP contribution in [0.2, 0.25) is 0 Å². The molecule has 0 spiro atoms. The number of carbonyl (C=O) groups excluding carboxylic acids is 1. The van der Waals surface area contributed by atoms with Gasteiger partial charge in [0.1, 0.15) is 11.3 Å². The Morgan fingerprint density at radius 1 is 1.57 bits per heavy atom. The van der Waals surface area contributed by atoms with E-state index in [9.17, 15) is 4.79 Å². The third-order valence-electron chi connectivity index (χ3n) is 2.17. The first-order valence-electron chi connectivity index (χ1n) is 4.39. The average molecular weight is 253 g/mol. The van der Waals surface area contributed by atoms with Crippen LogP contribution in [0.1, 0.15) is 23.1 Å². The molecule has 0 amide bonds. The van der Waals surface area contributed by atoms with Crippen LogP contribution in [0, 0.1) is 0 Å². The Labute approximate surface area is 89.9 Å². The van der Waals surface area contributed by atoms with Crippen LogP contribution in [0.25, 0.3) is 5.65 Å². The van der Waals surface area contributed by atoms with Crippen LogP contribution in [-0.2, 0) is 6.42 Å². The molecule has 0 N–H and O–H groups in total. The predicted molar refractivity (Wildman–Crippen MR) is 57.7 cm³/mol. The Morgan fingerprint density at radius 2 is 2.36 bits per heavy atom. The molecule has 0 saturated carbocycles. The van der Waals surface area contributed by atoms with E-state index in [0.717, 1.165) is 28.7 Å². The highest BCUT2D eigenvalue weighted by Crippen LogP contribution is 2.18. The standard InChI is InChI=1S/C10H9BrN2O/c1-2-8-7(6-14)12-10-5-3-4-9(11)13(8)10/h3-6H,2H2,1H3. The molecule has 0 unspecified atom stereocenters. The Kier molecular flexibility index (Phi) is 2.37. The van der Waals surface area contributed by atoms with Gasteiger partial charge in [0.15, 0.2) is 6.29 Å². The maximum atomic E-state index is 10.8. The van der Waals surface area contributed by atoms with Crippen molar-refractivity contribution in [1.82, 2.24) is 9.38 Å². The van der Waals surface area contributed by atoms with Crippen LogP contribution >= 0.6 is 15.9 Å². The maximum absolute atomic E-state index is 10.8. The minimum atomic E-state index is 0.527. The van der Waals surface area contributed by atoms with Crippen molar-refractivity contribution in [2.75, 3.05) is 0 Å². The molecular formula is C10H9BrN2O. The monoisotopic (exact) mass is 252 g/mol. The zero-order chi connectivity index (χ0) is 10.1. The number of pyridine rings is 1. The molecule has 0 aliphatic carbocycles. The van der Waals surface area contributed by atoms with Crippen LogP contribution in [-0.4, -0.2) is 15.7 Å². The van der Waals surface area contributed by atoms with Crippen molar-refractivity contribution in [2.45, 2.75) is 13.3 Å². The van der Waals surface area contributed by atoms with Gasteiger partial charge >= 0.3 is 0 Å². The SMILES string of the molecule is CCc1c(C=O)nc2cccc(Br)n12. The molecule has 0 fully saturated rings. The Hall–Kier alpha value is -1.16. The summed E-state index contributed by atoms with van der Waals surface area (Å²) in [6.07, 6.45) is 1.59. The second-order valence-corrected chi connectivity index (χ2v) is 3.77. The summed E-state index contributed by atoms with van der Waals surface area (Å²) in [5, 5.41) is 0. The van der Waals surface area contributed by atoms with Gasteiger partial charge in [0.25, 0.3) is 0 Å². The number of rotatable bonds is 2. The third-order valence-corrected chi connectivity index (χ3v) is 2.79. The summed E-state index contributed by atoms with van der Waals surface area (Å²) < 4.78 is 2.87. The fourth-order valence-electron chi connectivity index (χ4n) is 1.56. The van der Waals surface area contributed by atoms with E-state index in [2.05, 4.69) is 20.9 Å². The van der Waals surface area contributed by atoms with Gasteiger partial charge in [0, 0.05) is 0 Å². The van der Waals surface area contributed by atoms with E-state index in [1.807, 2.05) is 29.5 Å². The molecule has 0 bridgehead atoms. The molecule has 2 heterocycles. The van der Waals surface area contributed by atoms with E-state index in [1.165, 1.54) is 0 Å². The number of hydrogen-bond acceptors (Lipinski definition) is 2. The first-order chi connectivity index (χ1) is 6.77. The van der Waals surface area contributed by atoms with E-state index in [4.69, 9.17) is 0 Å². The van der Waals surface area contributed by atoms with Gasteiger partial charge in [0.05, 0.1) is 10.3 Å². The topological polar surface area (TPSA) is 34.4 Å². The third kappa shape index (κ3) is 1.26. The first-order valence-corrected chi connectivity index (χ1v) is 5.18. The smallest absolute Gasteiger partial charge is 0.170 e. The van der Waals surface area contributed by atoms with Gasteiger partial charge in [-0.2, -0.15) is 0 Å². The molecule has 0 aromatic carbocycles. The summed E-state index contributed by atoms with van der Waals surface area (Å²) in [7, 11) is 0. The van der Waals surface area contributed by atoms with Crippen molar-refractivity contribution in [1.29, 1.82) is 0 Å². The molecule has 0 radical (unpaired) electrons. The van der Waals surface area contributed by atoms with Crippen molar-refractivity contribution < 1.29 is 4.79 Å². The van der Waals surface area contributed by atoms with Gasteiger partial charge in [-0.3, -0.25) is 9.20 Å². The molecule has 2 rings (SSSR count). The van der Waals surface area contributed by atoms with Crippen LogP contribution < -0.4 is 0 Å². The molecule has 0 saturated heterocycles. The molecule has 3 nitrogen and oxygen atoms in total. The highest BCUT2D eigenvalue weighted by molar-refractivity contribution is 9.10. The van der Waals surface area contributed by atoms with E-state index < -0.39 is 0 Å². The van der Waals surface area contributed by atoms with E-state index in [1.54, 1.807) is 0 Å². The molecule has 2 aromatic heterocycles. The normalized spacial score (nSPS) is 10.7. The van der Waals surface area contributed by atoms with E-state index in [0.29, 0.717) is 5.69 Å². The number of carbonyl (C=O) groups is 1. The van der Waals surface area contributed by atoms with Crippen molar-refractivity contribution in [3.63, 3.8) is 0 Å².